The summed E-state index contributed by atoms with van der Waals surface area (Å²) >= 11 is 0. The highest BCUT2D eigenvalue weighted by molar-refractivity contribution is 5.81. The highest BCUT2D eigenvalue weighted by Gasteiger charge is 2.35. The maximum absolute atomic E-state index is 14.3. The third kappa shape index (κ3) is 4.08. The summed E-state index contributed by atoms with van der Waals surface area (Å²) in [5, 5.41) is 4.67. The minimum absolute atomic E-state index is 0.0308. The van der Waals surface area contributed by atoms with Crippen LogP contribution in [0.3, 0.4) is 0 Å². The van der Waals surface area contributed by atoms with Gasteiger partial charge in [-0.05, 0) is 38.8 Å². The molecular formula is C24H26FN3O2. The number of aromatic nitrogens is 2. The van der Waals surface area contributed by atoms with Crippen molar-refractivity contribution in [3.8, 4) is 22.9 Å². The minimum atomic E-state index is -0.444. The van der Waals surface area contributed by atoms with Crippen LogP contribution in [0.2, 0.25) is 0 Å². The summed E-state index contributed by atoms with van der Waals surface area (Å²) in [6.45, 7) is 4.38. The van der Waals surface area contributed by atoms with Gasteiger partial charge in [-0.1, -0.05) is 42.5 Å². The lowest BCUT2D eigenvalue weighted by atomic mass is 10.1. The number of hydrogen-bond donors (Lipinski definition) is 0. The SMILES string of the molecule is CC(C)N(Cc1c(-c2ccccc2)nn(C)c1Oc1ccccc1F)C(=O)C1CC1. The summed E-state index contributed by atoms with van der Waals surface area (Å²) in [7, 11) is 1.77. The van der Waals surface area contributed by atoms with Gasteiger partial charge in [0.1, 0.15) is 5.69 Å². The molecule has 30 heavy (non-hydrogen) atoms. The predicted octanol–water partition coefficient (Wildman–Crippen LogP) is 5.17. The van der Waals surface area contributed by atoms with E-state index in [0.717, 1.165) is 29.7 Å². The van der Waals surface area contributed by atoms with E-state index < -0.39 is 5.82 Å². The molecule has 0 saturated heterocycles. The quantitative estimate of drug-likeness (QED) is 0.543. The van der Waals surface area contributed by atoms with Crippen molar-refractivity contribution >= 4 is 5.91 Å². The van der Waals surface area contributed by atoms with Gasteiger partial charge in [0.2, 0.25) is 11.8 Å². The van der Waals surface area contributed by atoms with Crippen LogP contribution in [-0.2, 0) is 18.4 Å². The molecule has 3 aromatic rings. The van der Waals surface area contributed by atoms with Crippen molar-refractivity contribution in [3.63, 3.8) is 0 Å². The number of aryl methyl sites for hydroxylation is 1. The van der Waals surface area contributed by atoms with Crippen LogP contribution in [-0.4, -0.2) is 26.6 Å². The third-order valence-corrected chi connectivity index (χ3v) is 5.34. The zero-order chi connectivity index (χ0) is 21.3. The zero-order valence-corrected chi connectivity index (χ0v) is 17.5. The summed E-state index contributed by atoms with van der Waals surface area (Å²) in [4.78, 5) is 14.8. The Morgan fingerprint density at radius 1 is 1.17 bits per heavy atom. The molecular weight excluding hydrogens is 381 g/mol. The first-order valence-corrected chi connectivity index (χ1v) is 10.3. The first-order valence-electron chi connectivity index (χ1n) is 10.3. The summed E-state index contributed by atoms with van der Waals surface area (Å²) in [5.41, 5.74) is 2.43. The maximum atomic E-state index is 14.3. The Labute approximate surface area is 176 Å². The number of amides is 1. The molecule has 0 unspecified atom stereocenters. The fraction of sp³-hybridized carbons (Fsp3) is 0.333. The van der Waals surface area contributed by atoms with E-state index in [1.54, 1.807) is 29.9 Å². The monoisotopic (exact) mass is 407 g/mol. The summed E-state index contributed by atoms with van der Waals surface area (Å²) in [6, 6.07) is 16.1. The van der Waals surface area contributed by atoms with E-state index in [1.807, 2.05) is 49.1 Å². The number of para-hydroxylation sites is 1. The topological polar surface area (TPSA) is 47.4 Å². The highest BCUT2D eigenvalue weighted by Crippen LogP contribution is 2.37. The second-order valence-electron chi connectivity index (χ2n) is 7.99. The van der Waals surface area contributed by atoms with Crippen LogP contribution in [0.4, 0.5) is 4.39 Å². The lowest BCUT2D eigenvalue weighted by Gasteiger charge is -2.27. The maximum Gasteiger partial charge on any atom is 0.226 e. The summed E-state index contributed by atoms with van der Waals surface area (Å²) in [6.07, 6.45) is 1.89. The van der Waals surface area contributed by atoms with E-state index >= 15 is 0 Å². The van der Waals surface area contributed by atoms with Crippen molar-refractivity contribution in [1.82, 2.24) is 14.7 Å². The van der Waals surface area contributed by atoms with Crippen LogP contribution >= 0.6 is 0 Å². The fourth-order valence-electron chi connectivity index (χ4n) is 3.53. The summed E-state index contributed by atoms with van der Waals surface area (Å²) in [5.74, 6) is 0.393. The van der Waals surface area contributed by atoms with Crippen LogP contribution in [0.5, 0.6) is 11.6 Å². The molecule has 1 fully saturated rings. The Hall–Kier alpha value is -3.15. The minimum Gasteiger partial charge on any atom is -0.436 e. The van der Waals surface area contributed by atoms with Crippen molar-refractivity contribution in [2.75, 3.05) is 0 Å². The first-order chi connectivity index (χ1) is 14.5. The van der Waals surface area contributed by atoms with Gasteiger partial charge in [-0.15, -0.1) is 0 Å². The molecule has 0 atom stereocenters. The van der Waals surface area contributed by atoms with Gasteiger partial charge in [0.25, 0.3) is 0 Å². The molecule has 1 saturated carbocycles. The number of nitrogens with zero attached hydrogens (tertiary/aromatic N) is 3. The fourth-order valence-corrected chi connectivity index (χ4v) is 3.53. The van der Waals surface area contributed by atoms with Crippen LogP contribution < -0.4 is 4.74 Å². The number of carbonyl (C=O) groups excluding carboxylic acids is 1. The van der Waals surface area contributed by atoms with Crippen molar-refractivity contribution < 1.29 is 13.9 Å². The number of halogens is 1. The Bertz CT molecular complexity index is 1040. The van der Waals surface area contributed by atoms with Gasteiger partial charge >= 0.3 is 0 Å². The second kappa shape index (κ2) is 8.30. The smallest absolute Gasteiger partial charge is 0.226 e. The normalized spacial score (nSPS) is 13.5. The van der Waals surface area contributed by atoms with Gasteiger partial charge in [-0.3, -0.25) is 4.79 Å². The van der Waals surface area contributed by atoms with Gasteiger partial charge in [0.05, 0.1) is 12.1 Å². The van der Waals surface area contributed by atoms with Gasteiger partial charge in [-0.2, -0.15) is 5.10 Å². The standard InChI is InChI=1S/C24H26FN3O2/c1-16(2)28(23(29)18-13-14-18)15-19-22(17-9-5-4-6-10-17)26-27(3)24(19)30-21-12-8-7-11-20(21)25/h4-12,16,18H,13-15H2,1-3H3. The van der Waals surface area contributed by atoms with Crippen LogP contribution in [0.25, 0.3) is 11.3 Å². The molecule has 1 aromatic heterocycles. The Morgan fingerprint density at radius 2 is 1.83 bits per heavy atom. The van der Waals surface area contributed by atoms with Crippen LogP contribution in [0, 0.1) is 11.7 Å². The van der Waals surface area contributed by atoms with Crippen molar-refractivity contribution in [2.24, 2.45) is 13.0 Å². The lowest BCUT2D eigenvalue weighted by molar-refractivity contribution is -0.134. The molecule has 0 aliphatic heterocycles. The Morgan fingerprint density at radius 3 is 2.47 bits per heavy atom. The molecule has 0 radical (unpaired) electrons. The molecule has 0 bridgehead atoms. The predicted molar refractivity (Wildman–Crippen MR) is 114 cm³/mol. The van der Waals surface area contributed by atoms with E-state index in [1.165, 1.54) is 6.07 Å². The molecule has 1 aliphatic rings. The molecule has 2 aromatic carbocycles. The molecule has 1 aliphatic carbocycles. The molecule has 156 valence electrons. The molecule has 0 N–H and O–H groups in total. The molecule has 1 amide bonds. The zero-order valence-electron chi connectivity index (χ0n) is 17.5. The van der Waals surface area contributed by atoms with Crippen LogP contribution in [0.15, 0.2) is 54.6 Å². The van der Waals surface area contributed by atoms with E-state index in [-0.39, 0.29) is 23.6 Å². The molecule has 1 heterocycles. The van der Waals surface area contributed by atoms with E-state index in [0.29, 0.717) is 12.4 Å². The van der Waals surface area contributed by atoms with Gasteiger partial charge in [0.15, 0.2) is 11.6 Å². The van der Waals surface area contributed by atoms with E-state index in [4.69, 9.17) is 4.74 Å². The van der Waals surface area contributed by atoms with E-state index in [2.05, 4.69) is 5.10 Å². The Balaban J connectivity index is 1.78. The van der Waals surface area contributed by atoms with Crippen LogP contribution in [0.1, 0.15) is 32.3 Å². The average Bonchev–Trinajstić information content (AvgIpc) is 3.54. The number of rotatable bonds is 7. The second-order valence-corrected chi connectivity index (χ2v) is 7.99. The molecule has 5 nitrogen and oxygen atoms in total. The van der Waals surface area contributed by atoms with Crippen molar-refractivity contribution in [1.29, 1.82) is 0 Å². The Kier molecular flexibility index (Phi) is 5.57. The number of ether oxygens (including phenoxy) is 1. The van der Waals surface area contributed by atoms with Crippen molar-refractivity contribution in [2.45, 2.75) is 39.3 Å². The third-order valence-electron chi connectivity index (χ3n) is 5.34. The average molecular weight is 407 g/mol. The number of benzene rings is 2. The van der Waals surface area contributed by atoms with Gasteiger partial charge < -0.3 is 9.64 Å². The van der Waals surface area contributed by atoms with Gasteiger partial charge in [0, 0.05) is 24.6 Å². The first kappa shape index (κ1) is 20.1. The molecule has 0 spiro atoms. The molecule has 4 rings (SSSR count). The van der Waals surface area contributed by atoms with Gasteiger partial charge in [-0.25, -0.2) is 9.07 Å². The largest absolute Gasteiger partial charge is 0.436 e. The molecule has 6 heteroatoms. The number of hydrogen-bond acceptors (Lipinski definition) is 3. The lowest BCUT2D eigenvalue weighted by Crippen LogP contribution is -2.37. The number of carbonyl (C=O) groups is 1. The summed E-state index contributed by atoms with van der Waals surface area (Å²) < 4.78 is 21.9. The van der Waals surface area contributed by atoms with Crippen molar-refractivity contribution in [3.05, 3.63) is 66.0 Å². The highest BCUT2D eigenvalue weighted by atomic mass is 19.1. The van der Waals surface area contributed by atoms with E-state index in [9.17, 15) is 9.18 Å².